The minimum absolute atomic E-state index is 0. The van der Waals surface area contributed by atoms with Gasteiger partial charge < -0.3 is 10.6 Å². The van der Waals surface area contributed by atoms with Crippen LogP contribution in [0.5, 0.6) is 0 Å². The molecule has 0 aliphatic heterocycles. The number of thiophene rings is 1. The van der Waals surface area contributed by atoms with E-state index in [1.54, 1.807) is 13.1 Å². The first-order valence-electron chi connectivity index (χ1n) is 6.19. The lowest BCUT2D eigenvalue weighted by atomic mass is 10.5. The summed E-state index contributed by atoms with van der Waals surface area (Å²) in [6.45, 7) is 3.59. The van der Waals surface area contributed by atoms with Crippen molar-refractivity contribution in [1.29, 1.82) is 0 Å². The molecule has 0 radical (unpaired) electrons. The maximum absolute atomic E-state index is 11.9. The van der Waals surface area contributed by atoms with Crippen molar-refractivity contribution in [2.45, 2.75) is 17.6 Å². The molecule has 0 bridgehead atoms. The Balaban J connectivity index is 0.00000400. The Bertz CT molecular complexity index is 548. The molecule has 1 rings (SSSR count). The van der Waals surface area contributed by atoms with Crippen molar-refractivity contribution in [3.05, 3.63) is 16.5 Å². The van der Waals surface area contributed by atoms with Gasteiger partial charge in [-0.1, -0.05) is 18.5 Å². The Morgan fingerprint density at radius 2 is 1.95 bits per heavy atom. The summed E-state index contributed by atoms with van der Waals surface area (Å²) in [6.07, 6.45) is 0.993. The number of nitrogens with zero attached hydrogens (tertiary/aromatic N) is 1. The van der Waals surface area contributed by atoms with Crippen molar-refractivity contribution in [1.82, 2.24) is 15.4 Å². The predicted octanol–water partition coefficient (Wildman–Crippen LogP) is 1.87. The molecule has 21 heavy (non-hydrogen) atoms. The van der Waals surface area contributed by atoms with Gasteiger partial charge >= 0.3 is 0 Å². The van der Waals surface area contributed by atoms with E-state index in [4.69, 9.17) is 11.6 Å². The van der Waals surface area contributed by atoms with E-state index in [-0.39, 0.29) is 34.7 Å². The Labute approximate surface area is 151 Å². The molecule has 0 fully saturated rings. The predicted molar refractivity (Wildman–Crippen MR) is 99.6 cm³/mol. The third-order valence-corrected chi connectivity index (χ3v) is 5.47. The van der Waals surface area contributed by atoms with E-state index < -0.39 is 10.0 Å². The summed E-state index contributed by atoms with van der Waals surface area (Å²) < 4.78 is 27.0. The van der Waals surface area contributed by atoms with E-state index in [0.717, 1.165) is 24.3 Å². The molecule has 0 aliphatic carbocycles. The summed E-state index contributed by atoms with van der Waals surface area (Å²) in [7, 11) is -1.81. The molecule has 1 aromatic heterocycles. The van der Waals surface area contributed by atoms with Gasteiger partial charge in [-0.15, -0.1) is 35.3 Å². The molecule has 122 valence electrons. The number of hydrogen-bond acceptors (Lipinski definition) is 4. The molecule has 0 aliphatic rings. The second-order valence-electron chi connectivity index (χ2n) is 3.88. The Hall–Kier alpha value is -0.1000. The van der Waals surface area contributed by atoms with E-state index in [1.807, 2.05) is 0 Å². The molecule has 0 amide bonds. The van der Waals surface area contributed by atoms with Crippen LogP contribution in [0, 0.1) is 0 Å². The van der Waals surface area contributed by atoms with Crippen LogP contribution in [0.15, 0.2) is 21.3 Å². The van der Waals surface area contributed by atoms with Gasteiger partial charge in [-0.05, 0) is 18.6 Å². The maximum Gasteiger partial charge on any atom is 0.250 e. The smallest absolute Gasteiger partial charge is 0.250 e. The average molecular weight is 467 g/mol. The largest absolute Gasteiger partial charge is 0.356 e. The first-order chi connectivity index (χ1) is 9.49. The molecule has 10 heteroatoms. The third kappa shape index (κ3) is 7.63. The lowest BCUT2D eigenvalue weighted by Gasteiger charge is -2.11. The van der Waals surface area contributed by atoms with Crippen molar-refractivity contribution in [3.8, 4) is 0 Å². The molecule has 0 unspecified atom stereocenters. The van der Waals surface area contributed by atoms with Gasteiger partial charge in [0.25, 0.3) is 0 Å². The molecule has 1 heterocycles. The minimum Gasteiger partial charge on any atom is -0.356 e. The third-order valence-electron chi connectivity index (χ3n) is 2.29. The molecule has 0 saturated heterocycles. The van der Waals surface area contributed by atoms with Gasteiger partial charge in [0, 0.05) is 26.7 Å². The normalized spacial score (nSPS) is 11.9. The number of nitrogens with one attached hydrogen (secondary N) is 3. The standard InChI is InChI=1S/C11H19ClN4O2S2.HI/c1-3-6-14-11(13-2)15-7-8-16-20(17,18)10-5-4-9(12)19-10;/h4-5,16H,3,6-8H2,1-2H3,(H2,13,14,15);1H. The Morgan fingerprint density at radius 1 is 1.29 bits per heavy atom. The first kappa shape index (κ1) is 20.9. The van der Waals surface area contributed by atoms with Crippen LogP contribution >= 0.6 is 46.9 Å². The second kappa shape index (κ2) is 10.6. The fraction of sp³-hybridized carbons (Fsp3) is 0.545. The fourth-order valence-electron chi connectivity index (χ4n) is 1.34. The molecule has 1 aromatic rings. The molecule has 0 atom stereocenters. The molecule has 0 aromatic carbocycles. The SMILES string of the molecule is CCCNC(=NC)NCCNS(=O)(=O)c1ccc(Cl)s1.I. The number of guanidine groups is 1. The van der Waals surface area contributed by atoms with Gasteiger partial charge in [-0.2, -0.15) is 0 Å². The Kier molecular flexibility index (Phi) is 10.5. The van der Waals surface area contributed by atoms with Crippen molar-refractivity contribution >= 4 is 62.9 Å². The van der Waals surface area contributed by atoms with E-state index in [1.165, 1.54) is 6.07 Å². The molecule has 6 nitrogen and oxygen atoms in total. The zero-order valence-electron chi connectivity index (χ0n) is 11.8. The highest BCUT2D eigenvalue weighted by Crippen LogP contribution is 2.24. The average Bonchev–Trinajstić information content (AvgIpc) is 2.85. The van der Waals surface area contributed by atoms with E-state index in [2.05, 4.69) is 27.3 Å². The fourth-order valence-corrected chi connectivity index (χ4v) is 3.90. The number of rotatable bonds is 7. The van der Waals surface area contributed by atoms with Gasteiger partial charge in [0.2, 0.25) is 10.0 Å². The number of sulfonamides is 1. The minimum atomic E-state index is -3.48. The van der Waals surface area contributed by atoms with Crippen molar-refractivity contribution in [2.75, 3.05) is 26.7 Å². The van der Waals surface area contributed by atoms with Crippen LogP contribution < -0.4 is 15.4 Å². The van der Waals surface area contributed by atoms with Crippen molar-refractivity contribution < 1.29 is 8.42 Å². The quantitative estimate of drug-likeness (QED) is 0.248. The maximum atomic E-state index is 11.9. The van der Waals surface area contributed by atoms with Crippen LogP contribution in [-0.4, -0.2) is 41.1 Å². The van der Waals surface area contributed by atoms with Gasteiger partial charge in [0.15, 0.2) is 5.96 Å². The van der Waals surface area contributed by atoms with Crippen molar-refractivity contribution in [2.24, 2.45) is 4.99 Å². The topological polar surface area (TPSA) is 82.6 Å². The zero-order valence-corrected chi connectivity index (χ0v) is 16.6. The van der Waals surface area contributed by atoms with E-state index in [9.17, 15) is 8.42 Å². The monoisotopic (exact) mass is 466 g/mol. The van der Waals surface area contributed by atoms with Crippen LogP contribution in [0.1, 0.15) is 13.3 Å². The highest BCUT2D eigenvalue weighted by molar-refractivity contribution is 14.0. The molecule has 3 N–H and O–H groups in total. The van der Waals surface area contributed by atoms with E-state index >= 15 is 0 Å². The van der Waals surface area contributed by atoms with Crippen LogP contribution in [0.3, 0.4) is 0 Å². The lowest BCUT2D eigenvalue weighted by Crippen LogP contribution is -2.41. The van der Waals surface area contributed by atoms with Gasteiger partial charge in [0.1, 0.15) is 4.21 Å². The summed E-state index contributed by atoms with van der Waals surface area (Å²) in [4.78, 5) is 4.02. The summed E-state index contributed by atoms with van der Waals surface area (Å²) in [5.41, 5.74) is 0. The highest BCUT2D eigenvalue weighted by atomic mass is 127. The van der Waals surface area contributed by atoms with Crippen LogP contribution in [0.25, 0.3) is 0 Å². The molecular weight excluding hydrogens is 447 g/mol. The first-order valence-corrected chi connectivity index (χ1v) is 8.87. The lowest BCUT2D eigenvalue weighted by molar-refractivity contribution is 0.582. The second-order valence-corrected chi connectivity index (χ2v) is 7.59. The Morgan fingerprint density at radius 3 is 2.48 bits per heavy atom. The summed E-state index contributed by atoms with van der Waals surface area (Å²) >= 11 is 6.76. The van der Waals surface area contributed by atoms with Crippen LogP contribution in [-0.2, 0) is 10.0 Å². The number of hydrogen-bond donors (Lipinski definition) is 3. The molecule has 0 saturated carbocycles. The molecular formula is C11H20ClIN4O2S2. The van der Waals surface area contributed by atoms with Gasteiger partial charge in [-0.25, -0.2) is 13.1 Å². The summed E-state index contributed by atoms with van der Waals surface area (Å²) in [5, 5.41) is 6.12. The molecule has 0 spiro atoms. The van der Waals surface area contributed by atoms with Gasteiger partial charge in [-0.3, -0.25) is 4.99 Å². The zero-order chi connectivity index (χ0) is 15.0. The number of halogens is 2. The highest BCUT2D eigenvalue weighted by Gasteiger charge is 2.15. The van der Waals surface area contributed by atoms with Gasteiger partial charge in [0.05, 0.1) is 4.34 Å². The van der Waals surface area contributed by atoms with Crippen LogP contribution in [0.2, 0.25) is 4.34 Å². The van der Waals surface area contributed by atoms with E-state index in [0.29, 0.717) is 16.8 Å². The van der Waals surface area contributed by atoms with Crippen LogP contribution in [0.4, 0.5) is 0 Å². The summed E-state index contributed by atoms with van der Waals surface area (Å²) in [6, 6.07) is 3.06. The summed E-state index contributed by atoms with van der Waals surface area (Å²) in [5.74, 6) is 0.658. The number of aliphatic imine (C=N–C) groups is 1. The van der Waals surface area contributed by atoms with Crippen molar-refractivity contribution in [3.63, 3.8) is 0 Å².